The van der Waals surface area contributed by atoms with Crippen molar-refractivity contribution in [1.82, 2.24) is 4.90 Å². The second kappa shape index (κ2) is 13.6. The Morgan fingerprint density at radius 2 is 1.43 bits per heavy atom. The predicted octanol–water partition coefficient (Wildman–Crippen LogP) is 5.56. The third-order valence-corrected chi connectivity index (χ3v) is 4.52. The van der Waals surface area contributed by atoms with Gasteiger partial charge in [-0.1, -0.05) is 39.8 Å². The molecule has 2 aromatic rings. The van der Waals surface area contributed by atoms with Crippen molar-refractivity contribution in [2.45, 2.75) is 48.0 Å². The lowest BCUT2D eigenvalue weighted by molar-refractivity contribution is -0.134. The maximum absolute atomic E-state index is 12.5. The van der Waals surface area contributed by atoms with Crippen LogP contribution in [0.2, 0.25) is 0 Å². The lowest BCUT2D eigenvalue weighted by Crippen LogP contribution is -2.41. The van der Waals surface area contributed by atoms with Gasteiger partial charge in [-0.05, 0) is 54.8 Å². The molecule has 1 aliphatic rings. The molecule has 1 amide bonds. The SMILES string of the molecule is CC.CC.COc1ccc(Oc2c(C)cc(CC(=O)N3CCOCC3)cc2C)cc1. The van der Waals surface area contributed by atoms with Crippen LogP contribution in [0, 0.1) is 13.8 Å². The van der Waals surface area contributed by atoms with Crippen LogP contribution in [0.1, 0.15) is 44.4 Å². The number of amides is 1. The van der Waals surface area contributed by atoms with E-state index in [0.29, 0.717) is 32.7 Å². The molecule has 0 aliphatic carbocycles. The van der Waals surface area contributed by atoms with Crippen molar-refractivity contribution in [3.63, 3.8) is 0 Å². The molecule has 1 heterocycles. The Labute approximate surface area is 182 Å². The van der Waals surface area contributed by atoms with Gasteiger partial charge in [-0.2, -0.15) is 0 Å². The highest BCUT2D eigenvalue weighted by molar-refractivity contribution is 5.79. The first-order chi connectivity index (χ1) is 14.6. The van der Waals surface area contributed by atoms with Gasteiger partial charge in [0.15, 0.2) is 0 Å². The Morgan fingerprint density at radius 1 is 0.933 bits per heavy atom. The Hall–Kier alpha value is -2.53. The average Bonchev–Trinajstić information content (AvgIpc) is 2.80. The summed E-state index contributed by atoms with van der Waals surface area (Å²) < 4.78 is 16.5. The highest BCUT2D eigenvalue weighted by atomic mass is 16.5. The van der Waals surface area contributed by atoms with Gasteiger partial charge < -0.3 is 19.1 Å². The molecule has 0 N–H and O–H groups in total. The minimum atomic E-state index is 0.149. The van der Waals surface area contributed by atoms with Crippen molar-refractivity contribution >= 4 is 5.91 Å². The summed E-state index contributed by atoms with van der Waals surface area (Å²) in [5, 5.41) is 0. The summed E-state index contributed by atoms with van der Waals surface area (Å²) in [6.45, 7) is 14.6. The van der Waals surface area contributed by atoms with Gasteiger partial charge in [-0.15, -0.1) is 0 Å². The number of ether oxygens (including phenoxy) is 3. The topological polar surface area (TPSA) is 48.0 Å². The molecule has 5 heteroatoms. The van der Waals surface area contributed by atoms with Crippen LogP contribution in [-0.2, 0) is 16.0 Å². The molecule has 0 radical (unpaired) electrons. The zero-order valence-corrected chi connectivity index (χ0v) is 19.6. The van der Waals surface area contributed by atoms with Crippen LogP contribution in [0.5, 0.6) is 17.2 Å². The number of carbonyl (C=O) groups excluding carboxylic acids is 1. The second-order valence-corrected chi connectivity index (χ2v) is 6.51. The molecule has 0 spiro atoms. The summed E-state index contributed by atoms with van der Waals surface area (Å²) >= 11 is 0. The van der Waals surface area contributed by atoms with Crippen LogP contribution < -0.4 is 9.47 Å². The molecule has 0 aromatic heterocycles. The molecule has 3 rings (SSSR count). The van der Waals surface area contributed by atoms with E-state index in [4.69, 9.17) is 14.2 Å². The van der Waals surface area contributed by atoms with Crippen molar-refractivity contribution in [3.8, 4) is 17.2 Å². The van der Waals surface area contributed by atoms with Crippen LogP contribution >= 0.6 is 0 Å². The quantitative estimate of drug-likeness (QED) is 0.642. The van der Waals surface area contributed by atoms with Crippen LogP contribution in [0.25, 0.3) is 0 Å². The molecule has 1 fully saturated rings. The first-order valence-electron chi connectivity index (χ1n) is 10.8. The average molecular weight is 416 g/mol. The van der Waals surface area contributed by atoms with E-state index in [1.165, 1.54) is 0 Å². The molecule has 1 saturated heterocycles. The van der Waals surface area contributed by atoms with Gasteiger partial charge in [-0.25, -0.2) is 0 Å². The summed E-state index contributed by atoms with van der Waals surface area (Å²) in [6.07, 6.45) is 0.407. The van der Waals surface area contributed by atoms with Crippen LogP contribution in [-0.4, -0.2) is 44.2 Å². The van der Waals surface area contributed by atoms with Gasteiger partial charge in [0.1, 0.15) is 17.2 Å². The molecule has 30 heavy (non-hydrogen) atoms. The standard InChI is InChI=1S/C21H25NO4.2C2H6/c1-15-12-17(14-20(23)22-8-10-25-11-9-22)13-16(2)21(15)26-19-6-4-18(24-3)5-7-19;2*1-2/h4-7,12-13H,8-11,14H2,1-3H3;2*1-2H3. The Kier molecular flexibility index (Phi) is 11.6. The summed E-state index contributed by atoms with van der Waals surface area (Å²) in [7, 11) is 1.64. The fraction of sp³-hybridized carbons (Fsp3) is 0.480. The minimum absolute atomic E-state index is 0.149. The Morgan fingerprint density at radius 3 is 1.93 bits per heavy atom. The Balaban J connectivity index is 0.00000106. The zero-order chi connectivity index (χ0) is 22.5. The fourth-order valence-corrected chi connectivity index (χ4v) is 3.16. The number of methoxy groups -OCH3 is 1. The van der Waals surface area contributed by atoms with Gasteiger partial charge in [0, 0.05) is 13.1 Å². The maximum atomic E-state index is 12.5. The van der Waals surface area contributed by atoms with Crippen molar-refractivity contribution in [2.75, 3.05) is 33.4 Å². The number of morpholine rings is 1. The minimum Gasteiger partial charge on any atom is -0.497 e. The van der Waals surface area contributed by atoms with E-state index in [2.05, 4.69) is 0 Å². The van der Waals surface area contributed by atoms with E-state index in [9.17, 15) is 4.79 Å². The van der Waals surface area contributed by atoms with E-state index >= 15 is 0 Å². The molecule has 0 unspecified atom stereocenters. The van der Waals surface area contributed by atoms with Crippen molar-refractivity contribution < 1.29 is 19.0 Å². The summed E-state index contributed by atoms with van der Waals surface area (Å²) in [5.74, 6) is 2.53. The molecule has 0 saturated carbocycles. The summed E-state index contributed by atoms with van der Waals surface area (Å²) in [4.78, 5) is 14.3. The van der Waals surface area contributed by atoms with Gasteiger partial charge in [0.05, 0.1) is 26.7 Å². The number of carbonyl (C=O) groups is 1. The molecule has 166 valence electrons. The number of aryl methyl sites for hydroxylation is 2. The van der Waals surface area contributed by atoms with Gasteiger partial charge in [0.2, 0.25) is 5.91 Å². The first kappa shape index (κ1) is 25.5. The smallest absolute Gasteiger partial charge is 0.227 e. The predicted molar refractivity (Wildman–Crippen MR) is 123 cm³/mol. The zero-order valence-electron chi connectivity index (χ0n) is 19.6. The third-order valence-electron chi connectivity index (χ3n) is 4.52. The van der Waals surface area contributed by atoms with E-state index in [1.54, 1.807) is 7.11 Å². The largest absolute Gasteiger partial charge is 0.497 e. The van der Waals surface area contributed by atoms with Crippen molar-refractivity contribution in [2.24, 2.45) is 0 Å². The van der Waals surface area contributed by atoms with Gasteiger partial charge in [-0.3, -0.25) is 4.79 Å². The van der Waals surface area contributed by atoms with Crippen LogP contribution in [0.3, 0.4) is 0 Å². The normalized spacial score (nSPS) is 12.7. The lowest BCUT2D eigenvalue weighted by atomic mass is 10.0. The molecule has 0 bridgehead atoms. The lowest BCUT2D eigenvalue weighted by Gasteiger charge is -2.27. The number of benzene rings is 2. The maximum Gasteiger partial charge on any atom is 0.227 e. The van der Waals surface area contributed by atoms with E-state index < -0.39 is 0 Å². The van der Waals surface area contributed by atoms with E-state index in [0.717, 1.165) is 33.9 Å². The monoisotopic (exact) mass is 415 g/mol. The van der Waals surface area contributed by atoms with E-state index in [-0.39, 0.29) is 5.91 Å². The molecule has 0 atom stereocenters. The van der Waals surface area contributed by atoms with Crippen molar-refractivity contribution in [1.29, 1.82) is 0 Å². The second-order valence-electron chi connectivity index (χ2n) is 6.51. The molecule has 5 nitrogen and oxygen atoms in total. The molecular formula is C25H37NO4. The molecule has 2 aromatic carbocycles. The highest BCUT2D eigenvalue weighted by Gasteiger charge is 2.18. The van der Waals surface area contributed by atoms with Crippen LogP contribution in [0.4, 0.5) is 0 Å². The van der Waals surface area contributed by atoms with Gasteiger partial charge in [0.25, 0.3) is 0 Å². The Bertz CT molecular complexity index is 742. The highest BCUT2D eigenvalue weighted by Crippen LogP contribution is 2.31. The van der Waals surface area contributed by atoms with E-state index in [1.807, 2.05) is 82.8 Å². The van der Waals surface area contributed by atoms with Crippen molar-refractivity contribution in [3.05, 3.63) is 53.1 Å². The summed E-state index contributed by atoms with van der Waals surface area (Å²) in [5.41, 5.74) is 3.05. The first-order valence-corrected chi connectivity index (χ1v) is 10.8. The third kappa shape index (κ3) is 7.38. The number of rotatable bonds is 5. The molecule has 1 aliphatic heterocycles. The van der Waals surface area contributed by atoms with Crippen LogP contribution in [0.15, 0.2) is 36.4 Å². The fourth-order valence-electron chi connectivity index (χ4n) is 3.16. The molecular weight excluding hydrogens is 378 g/mol. The number of nitrogens with zero attached hydrogens (tertiary/aromatic N) is 1. The van der Waals surface area contributed by atoms with Gasteiger partial charge >= 0.3 is 0 Å². The number of hydrogen-bond donors (Lipinski definition) is 0. The number of hydrogen-bond acceptors (Lipinski definition) is 4. The summed E-state index contributed by atoms with van der Waals surface area (Å²) in [6, 6.07) is 11.6.